The maximum Gasteiger partial charge on any atom is 0.265 e. The first-order valence-electron chi connectivity index (χ1n) is 6.42. The van der Waals surface area contributed by atoms with Gasteiger partial charge in [0.05, 0.1) is 0 Å². The van der Waals surface area contributed by atoms with E-state index in [1.165, 1.54) is 11.1 Å². The van der Waals surface area contributed by atoms with Gasteiger partial charge in [0, 0.05) is 17.1 Å². The minimum atomic E-state index is -0.254. The lowest BCUT2D eigenvalue weighted by Crippen LogP contribution is -2.29. The van der Waals surface area contributed by atoms with E-state index in [4.69, 9.17) is 5.84 Å². The average Bonchev–Trinajstić information content (AvgIpc) is 2.47. The summed E-state index contributed by atoms with van der Waals surface area (Å²) in [4.78, 5) is 11.5. The zero-order valence-corrected chi connectivity index (χ0v) is 12.2. The summed E-state index contributed by atoms with van der Waals surface area (Å²) in [6.07, 6.45) is 0. The van der Waals surface area contributed by atoms with E-state index >= 15 is 0 Å². The second kappa shape index (κ2) is 7.12. The van der Waals surface area contributed by atoms with E-state index in [1.807, 2.05) is 30.0 Å². The minimum Gasteiger partial charge on any atom is -0.290 e. The molecule has 4 heteroatoms. The molecule has 0 saturated carbocycles. The number of amides is 1. The number of rotatable bonds is 5. The Kier molecular flexibility index (Phi) is 5.21. The monoisotopic (exact) mass is 286 g/mol. The van der Waals surface area contributed by atoms with Crippen LogP contribution in [-0.4, -0.2) is 5.91 Å². The van der Waals surface area contributed by atoms with E-state index in [-0.39, 0.29) is 5.91 Å². The standard InChI is InChI=1S/C16H18N2OS/c1-12-4-2-5-13(8-12)10-20-11-14-6-3-7-15(9-14)16(19)18-17/h2-9H,10-11,17H2,1H3,(H,18,19). The van der Waals surface area contributed by atoms with Gasteiger partial charge in [0.15, 0.2) is 0 Å². The van der Waals surface area contributed by atoms with Crippen molar-refractivity contribution in [2.45, 2.75) is 18.4 Å². The summed E-state index contributed by atoms with van der Waals surface area (Å²) in [5, 5.41) is 0. The van der Waals surface area contributed by atoms with Crippen LogP contribution in [0.4, 0.5) is 0 Å². The Balaban J connectivity index is 1.92. The van der Waals surface area contributed by atoms with Gasteiger partial charge in [0.1, 0.15) is 0 Å². The molecule has 0 radical (unpaired) electrons. The Labute approximate surface area is 123 Å². The number of thioether (sulfide) groups is 1. The van der Waals surface area contributed by atoms with Crippen LogP contribution < -0.4 is 11.3 Å². The lowest BCUT2D eigenvalue weighted by atomic mass is 10.1. The number of hydrazine groups is 1. The van der Waals surface area contributed by atoms with E-state index < -0.39 is 0 Å². The Morgan fingerprint density at radius 2 is 1.75 bits per heavy atom. The molecule has 3 nitrogen and oxygen atoms in total. The summed E-state index contributed by atoms with van der Waals surface area (Å²) < 4.78 is 0. The summed E-state index contributed by atoms with van der Waals surface area (Å²) in [6, 6.07) is 16.1. The highest BCUT2D eigenvalue weighted by Gasteiger charge is 2.04. The molecule has 0 aromatic heterocycles. The second-order valence-corrected chi connectivity index (χ2v) is 5.64. The molecule has 0 fully saturated rings. The van der Waals surface area contributed by atoms with Crippen LogP contribution in [0.5, 0.6) is 0 Å². The van der Waals surface area contributed by atoms with E-state index in [0.29, 0.717) is 5.56 Å². The Hall–Kier alpha value is -1.78. The molecule has 0 unspecified atom stereocenters. The lowest BCUT2D eigenvalue weighted by Gasteiger charge is -2.05. The van der Waals surface area contributed by atoms with Crippen molar-refractivity contribution in [1.82, 2.24) is 5.43 Å². The predicted molar refractivity (Wildman–Crippen MR) is 84.3 cm³/mol. The Bertz CT molecular complexity index is 599. The van der Waals surface area contributed by atoms with Crippen LogP contribution in [0.3, 0.4) is 0 Å². The summed E-state index contributed by atoms with van der Waals surface area (Å²) in [5.74, 6) is 6.73. The molecule has 20 heavy (non-hydrogen) atoms. The van der Waals surface area contributed by atoms with Crippen LogP contribution >= 0.6 is 11.8 Å². The molecule has 2 rings (SSSR count). The number of nitrogen functional groups attached to an aromatic ring is 1. The Morgan fingerprint density at radius 3 is 2.40 bits per heavy atom. The third kappa shape index (κ3) is 4.11. The third-order valence-corrected chi connectivity index (χ3v) is 4.02. The lowest BCUT2D eigenvalue weighted by molar-refractivity contribution is 0.0953. The van der Waals surface area contributed by atoms with Crippen molar-refractivity contribution < 1.29 is 4.79 Å². The van der Waals surface area contributed by atoms with Gasteiger partial charge in [-0.05, 0) is 30.2 Å². The molecule has 0 aliphatic carbocycles. The van der Waals surface area contributed by atoms with Crippen molar-refractivity contribution in [2.75, 3.05) is 0 Å². The number of aryl methyl sites for hydroxylation is 1. The van der Waals surface area contributed by atoms with E-state index in [0.717, 1.165) is 17.1 Å². The van der Waals surface area contributed by atoms with Crippen LogP contribution in [0.1, 0.15) is 27.0 Å². The van der Waals surface area contributed by atoms with Gasteiger partial charge >= 0.3 is 0 Å². The average molecular weight is 286 g/mol. The molecule has 0 bridgehead atoms. The molecule has 0 spiro atoms. The third-order valence-electron chi connectivity index (χ3n) is 2.94. The fraction of sp³-hybridized carbons (Fsp3) is 0.188. The van der Waals surface area contributed by atoms with Gasteiger partial charge in [-0.2, -0.15) is 11.8 Å². The normalized spacial score (nSPS) is 10.3. The number of carbonyl (C=O) groups is 1. The topological polar surface area (TPSA) is 55.1 Å². The van der Waals surface area contributed by atoms with Crippen molar-refractivity contribution in [2.24, 2.45) is 5.84 Å². The minimum absolute atomic E-state index is 0.254. The molecular weight excluding hydrogens is 268 g/mol. The first-order valence-corrected chi connectivity index (χ1v) is 7.57. The highest BCUT2D eigenvalue weighted by Crippen LogP contribution is 2.19. The van der Waals surface area contributed by atoms with Gasteiger partial charge in [0.2, 0.25) is 0 Å². The van der Waals surface area contributed by atoms with Crippen LogP contribution in [0.25, 0.3) is 0 Å². The molecule has 1 amide bonds. The summed E-state index contributed by atoms with van der Waals surface area (Å²) in [7, 11) is 0. The molecule has 0 saturated heterocycles. The van der Waals surface area contributed by atoms with Crippen LogP contribution in [0, 0.1) is 6.92 Å². The van der Waals surface area contributed by atoms with Crippen LogP contribution in [0.15, 0.2) is 48.5 Å². The van der Waals surface area contributed by atoms with Gasteiger partial charge in [-0.3, -0.25) is 10.2 Å². The maximum atomic E-state index is 11.5. The number of benzene rings is 2. The van der Waals surface area contributed by atoms with Gasteiger partial charge < -0.3 is 0 Å². The first kappa shape index (κ1) is 14.6. The van der Waals surface area contributed by atoms with E-state index in [9.17, 15) is 4.79 Å². The van der Waals surface area contributed by atoms with Crippen LogP contribution in [0.2, 0.25) is 0 Å². The zero-order valence-electron chi connectivity index (χ0n) is 11.4. The molecule has 0 aliphatic heterocycles. The second-order valence-electron chi connectivity index (χ2n) is 4.66. The molecule has 0 atom stereocenters. The van der Waals surface area contributed by atoms with Gasteiger partial charge in [-0.1, -0.05) is 42.0 Å². The maximum absolute atomic E-state index is 11.5. The number of nitrogens with two attached hydrogens (primary N) is 1. The number of carbonyl (C=O) groups excluding carboxylic acids is 1. The quantitative estimate of drug-likeness (QED) is 0.504. The highest BCUT2D eigenvalue weighted by atomic mass is 32.2. The fourth-order valence-corrected chi connectivity index (χ4v) is 2.91. The van der Waals surface area contributed by atoms with Crippen LogP contribution in [-0.2, 0) is 11.5 Å². The number of hydrogen-bond donors (Lipinski definition) is 2. The predicted octanol–water partition coefficient (Wildman–Crippen LogP) is 3.03. The fourth-order valence-electron chi connectivity index (χ4n) is 1.97. The molecule has 0 heterocycles. The molecular formula is C16H18N2OS. The zero-order chi connectivity index (χ0) is 14.4. The van der Waals surface area contributed by atoms with Crippen molar-refractivity contribution in [3.63, 3.8) is 0 Å². The SMILES string of the molecule is Cc1cccc(CSCc2cccc(C(=O)NN)c2)c1. The molecule has 3 N–H and O–H groups in total. The molecule has 2 aromatic rings. The number of nitrogens with one attached hydrogen (secondary N) is 1. The summed E-state index contributed by atoms with van der Waals surface area (Å²) in [5.41, 5.74) is 6.48. The van der Waals surface area contributed by atoms with Gasteiger partial charge in [0.25, 0.3) is 5.91 Å². The summed E-state index contributed by atoms with van der Waals surface area (Å²) >= 11 is 1.83. The largest absolute Gasteiger partial charge is 0.290 e. The number of hydrogen-bond acceptors (Lipinski definition) is 3. The summed E-state index contributed by atoms with van der Waals surface area (Å²) in [6.45, 7) is 2.10. The molecule has 2 aromatic carbocycles. The van der Waals surface area contributed by atoms with Crippen molar-refractivity contribution in [1.29, 1.82) is 0 Å². The van der Waals surface area contributed by atoms with Gasteiger partial charge in [-0.25, -0.2) is 5.84 Å². The first-order chi connectivity index (χ1) is 9.69. The van der Waals surface area contributed by atoms with E-state index in [1.54, 1.807) is 6.07 Å². The van der Waals surface area contributed by atoms with Crippen molar-refractivity contribution in [3.8, 4) is 0 Å². The van der Waals surface area contributed by atoms with Crippen molar-refractivity contribution >= 4 is 17.7 Å². The molecule has 0 aliphatic rings. The van der Waals surface area contributed by atoms with E-state index in [2.05, 4.69) is 36.6 Å². The van der Waals surface area contributed by atoms with Crippen molar-refractivity contribution in [3.05, 3.63) is 70.8 Å². The Morgan fingerprint density at radius 1 is 1.10 bits per heavy atom. The highest BCUT2D eigenvalue weighted by molar-refractivity contribution is 7.97. The molecule has 104 valence electrons. The van der Waals surface area contributed by atoms with Gasteiger partial charge in [-0.15, -0.1) is 0 Å². The smallest absolute Gasteiger partial charge is 0.265 e.